The third-order valence-corrected chi connectivity index (χ3v) is 4.86. The predicted octanol–water partition coefficient (Wildman–Crippen LogP) is 1.95. The van der Waals surface area contributed by atoms with Crippen molar-refractivity contribution in [2.75, 3.05) is 16.6 Å². The zero-order valence-electron chi connectivity index (χ0n) is 11.3. The summed E-state index contributed by atoms with van der Waals surface area (Å²) in [4.78, 5) is 0.260. The predicted molar refractivity (Wildman–Crippen MR) is 81.8 cm³/mol. The molecule has 1 aliphatic heterocycles. The Kier molecular flexibility index (Phi) is 3.57. The lowest BCUT2D eigenvalue weighted by Gasteiger charge is -2.10. The van der Waals surface area contributed by atoms with Gasteiger partial charge < -0.3 is 10.4 Å². The minimum Gasteiger partial charge on any atom is -0.392 e. The molecule has 110 valence electrons. The highest BCUT2D eigenvalue weighted by Crippen LogP contribution is 2.26. The fraction of sp³-hybridized carbons (Fsp3) is 0.200. The quantitative estimate of drug-likeness (QED) is 0.806. The van der Waals surface area contributed by atoms with Gasteiger partial charge in [-0.15, -0.1) is 0 Å². The van der Waals surface area contributed by atoms with E-state index in [1.54, 1.807) is 42.5 Å². The van der Waals surface area contributed by atoms with Gasteiger partial charge in [-0.2, -0.15) is 0 Å². The second kappa shape index (κ2) is 5.38. The average molecular weight is 304 g/mol. The molecule has 3 N–H and O–H groups in total. The van der Waals surface area contributed by atoms with Crippen LogP contribution in [0.4, 0.5) is 11.4 Å². The molecule has 0 aromatic heterocycles. The Morgan fingerprint density at radius 3 is 2.62 bits per heavy atom. The smallest absolute Gasteiger partial charge is 0.261 e. The van der Waals surface area contributed by atoms with E-state index in [4.69, 9.17) is 5.11 Å². The number of sulfonamides is 1. The van der Waals surface area contributed by atoms with E-state index in [-0.39, 0.29) is 11.5 Å². The molecule has 0 saturated carbocycles. The highest BCUT2D eigenvalue weighted by Gasteiger charge is 2.18. The lowest BCUT2D eigenvalue weighted by molar-refractivity contribution is 0.282. The summed E-state index contributed by atoms with van der Waals surface area (Å²) in [6.45, 7) is 0.778. The normalized spacial score (nSPS) is 13.6. The number of anilines is 2. The van der Waals surface area contributed by atoms with Gasteiger partial charge in [0.2, 0.25) is 0 Å². The average Bonchev–Trinajstić information content (AvgIpc) is 2.95. The molecule has 0 spiro atoms. The Balaban J connectivity index is 1.86. The minimum atomic E-state index is -3.59. The number of aliphatic hydroxyl groups excluding tert-OH is 1. The standard InChI is InChI=1S/C15H16N2O3S/c18-10-11-1-3-13(4-2-11)17-21(19,20)14-5-6-15-12(9-14)7-8-16-15/h1-6,9,16-18H,7-8,10H2. The molecule has 3 rings (SSSR count). The molecular weight excluding hydrogens is 288 g/mol. The fourth-order valence-corrected chi connectivity index (χ4v) is 3.45. The number of aliphatic hydroxyl groups is 1. The molecule has 21 heavy (non-hydrogen) atoms. The van der Waals surface area contributed by atoms with Crippen molar-refractivity contribution in [2.24, 2.45) is 0 Å². The van der Waals surface area contributed by atoms with E-state index in [0.29, 0.717) is 5.69 Å². The topological polar surface area (TPSA) is 78.4 Å². The van der Waals surface area contributed by atoms with E-state index in [9.17, 15) is 8.42 Å². The van der Waals surface area contributed by atoms with Crippen molar-refractivity contribution < 1.29 is 13.5 Å². The van der Waals surface area contributed by atoms with E-state index in [1.807, 2.05) is 0 Å². The summed E-state index contributed by atoms with van der Waals surface area (Å²) in [6.07, 6.45) is 0.837. The van der Waals surface area contributed by atoms with Crippen LogP contribution in [-0.2, 0) is 23.1 Å². The lowest BCUT2D eigenvalue weighted by Crippen LogP contribution is -2.13. The summed E-state index contributed by atoms with van der Waals surface area (Å²) in [6, 6.07) is 11.7. The van der Waals surface area contributed by atoms with Crippen molar-refractivity contribution in [3.63, 3.8) is 0 Å². The summed E-state index contributed by atoms with van der Waals surface area (Å²) >= 11 is 0. The molecule has 0 saturated heterocycles. The SMILES string of the molecule is O=S(=O)(Nc1ccc(CO)cc1)c1ccc2c(c1)CCN2. The third-order valence-electron chi connectivity index (χ3n) is 3.49. The zero-order chi connectivity index (χ0) is 14.9. The number of rotatable bonds is 4. The second-order valence-corrected chi connectivity index (χ2v) is 6.64. The minimum absolute atomic E-state index is 0.0646. The molecule has 6 heteroatoms. The highest BCUT2D eigenvalue weighted by molar-refractivity contribution is 7.92. The van der Waals surface area contributed by atoms with Crippen molar-refractivity contribution in [1.29, 1.82) is 0 Å². The number of hydrogen-bond acceptors (Lipinski definition) is 4. The molecule has 0 unspecified atom stereocenters. The Morgan fingerprint density at radius 1 is 1.14 bits per heavy atom. The van der Waals surface area contributed by atoms with E-state index in [0.717, 1.165) is 29.8 Å². The molecule has 1 aliphatic rings. The molecule has 0 atom stereocenters. The monoisotopic (exact) mass is 304 g/mol. The molecule has 0 aliphatic carbocycles. The van der Waals surface area contributed by atoms with Gasteiger partial charge in [-0.25, -0.2) is 8.42 Å². The van der Waals surface area contributed by atoms with Crippen LogP contribution in [0.3, 0.4) is 0 Å². The van der Waals surface area contributed by atoms with Crippen LogP contribution in [0.25, 0.3) is 0 Å². The van der Waals surface area contributed by atoms with Gasteiger partial charge in [-0.1, -0.05) is 12.1 Å². The second-order valence-electron chi connectivity index (χ2n) is 4.96. The Hall–Kier alpha value is -2.05. The van der Waals surface area contributed by atoms with Crippen molar-refractivity contribution in [3.8, 4) is 0 Å². The van der Waals surface area contributed by atoms with E-state index >= 15 is 0 Å². The fourth-order valence-electron chi connectivity index (χ4n) is 2.34. The first-order valence-electron chi connectivity index (χ1n) is 6.68. The first kappa shape index (κ1) is 13.9. The molecule has 1 heterocycles. The molecular formula is C15H16N2O3S. The molecule has 0 radical (unpaired) electrons. The van der Waals surface area contributed by atoms with Crippen LogP contribution in [0.5, 0.6) is 0 Å². The number of nitrogens with one attached hydrogen (secondary N) is 2. The first-order valence-corrected chi connectivity index (χ1v) is 8.16. The van der Waals surface area contributed by atoms with E-state index < -0.39 is 10.0 Å². The van der Waals surface area contributed by atoms with Gasteiger partial charge in [0.05, 0.1) is 11.5 Å². The Labute approximate surface area is 123 Å². The van der Waals surface area contributed by atoms with Crippen LogP contribution in [0.2, 0.25) is 0 Å². The van der Waals surface area contributed by atoms with Crippen LogP contribution < -0.4 is 10.0 Å². The lowest BCUT2D eigenvalue weighted by atomic mass is 10.2. The van der Waals surface area contributed by atoms with Crippen molar-refractivity contribution in [2.45, 2.75) is 17.9 Å². The molecule has 0 fully saturated rings. The maximum atomic E-state index is 12.4. The maximum absolute atomic E-state index is 12.4. The van der Waals surface area contributed by atoms with Crippen LogP contribution >= 0.6 is 0 Å². The number of fused-ring (bicyclic) bond motifs is 1. The third kappa shape index (κ3) is 2.86. The van der Waals surface area contributed by atoms with Gasteiger partial charge in [0.1, 0.15) is 0 Å². The summed E-state index contributed by atoms with van der Waals surface area (Å²) in [5, 5.41) is 12.2. The van der Waals surface area contributed by atoms with Crippen LogP contribution in [0.1, 0.15) is 11.1 Å². The summed E-state index contributed by atoms with van der Waals surface area (Å²) in [7, 11) is -3.59. The number of benzene rings is 2. The molecule has 2 aromatic rings. The van der Waals surface area contributed by atoms with Gasteiger partial charge in [-0.05, 0) is 47.9 Å². The van der Waals surface area contributed by atoms with Gasteiger partial charge in [-0.3, -0.25) is 4.72 Å². The van der Waals surface area contributed by atoms with E-state index in [2.05, 4.69) is 10.0 Å². The summed E-state index contributed by atoms with van der Waals surface area (Å²) in [5.74, 6) is 0. The summed E-state index contributed by atoms with van der Waals surface area (Å²) in [5.41, 5.74) is 3.24. The Morgan fingerprint density at radius 2 is 1.90 bits per heavy atom. The van der Waals surface area contributed by atoms with Gasteiger partial charge in [0.25, 0.3) is 10.0 Å². The number of hydrogen-bond donors (Lipinski definition) is 3. The zero-order valence-corrected chi connectivity index (χ0v) is 12.2. The van der Waals surface area contributed by atoms with Crippen LogP contribution in [0, 0.1) is 0 Å². The van der Waals surface area contributed by atoms with Crippen molar-refractivity contribution in [3.05, 3.63) is 53.6 Å². The van der Waals surface area contributed by atoms with Crippen molar-refractivity contribution in [1.82, 2.24) is 0 Å². The van der Waals surface area contributed by atoms with Gasteiger partial charge >= 0.3 is 0 Å². The summed E-state index contributed by atoms with van der Waals surface area (Å²) < 4.78 is 27.3. The highest BCUT2D eigenvalue weighted by atomic mass is 32.2. The molecule has 0 bridgehead atoms. The Bertz CT molecular complexity index is 755. The molecule has 0 amide bonds. The van der Waals surface area contributed by atoms with Gasteiger partial charge in [0.15, 0.2) is 0 Å². The van der Waals surface area contributed by atoms with Crippen molar-refractivity contribution >= 4 is 21.4 Å². The first-order chi connectivity index (χ1) is 10.1. The van der Waals surface area contributed by atoms with Crippen LogP contribution in [-0.4, -0.2) is 20.1 Å². The van der Waals surface area contributed by atoms with E-state index in [1.165, 1.54) is 0 Å². The largest absolute Gasteiger partial charge is 0.392 e. The molecule has 5 nitrogen and oxygen atoms in total. The van der Waals surface area contributed by atoms with Gasteiger partial charge in [0, 0.05) is 17.9 Å². The van der Waals surface area contributed by atoms with Crippen LogP contribution in [0.15, 0.2) is 47.4 Å². The maximum Gasteiger partial charge on any atom is 0.261 e. The molecule has 2 aromatic carbocycles.